The van der Waals surface area contributed by atoms with Gasteiger partial charge in [-0.1, -0.05) is 66.6 Å². The molecular formula is C20H26BrIO. The quantitative estimate of drug-likeness (QED) is 0.182. The fourth-order valence-electron chi connectivity index (χ4n) is 2.73. The molecule has 2 aromatic carbocycles. The van der Waals surface area contributed by atoms with Crippen molar-refractivity contribution in [2.45, 2.75) is 51.4 Å². The molecule has 0 aliphatic heterocycles. The lowest BCUT2D eigenvalue weighted by molar-refractivity contribution is 0.304. The molecular weight excluding hydrogens is 463 g/mol. The number of alkyl halides is 1. The second-order valence-electron chi connectivity index (χ2n) is 6.02. The Hall–Kier alpha value is -0.290. The minimum Gasteiger partial charge on any atom is -0.494 e. The second kappa shape index (κ2) is 11.3. The van der Waals surface area contributed by atoms with E-state index in [9.17, 15) is 0 Å². The van der Waals surface area contributed by atoms with Gasteiger partial charge in [0.2, 0.25) is 0 Å². The summed E-state index contributed by atoms with van der Waals surface area (Å²) in [7, 11) is 0. The van der Waals surface area contributed by atoms with Gasteiger partial charge in [0, 0.05) is 8.90 Å². The smallest absolute Gasteiger partial charge is 0.119 e. The maximum atomic E-state index is 5.90. The summed E-state index contributed by atoms with van der Waals surface area (Å²) in [6, 6.07) is 12.9. The van der Waals surface area contributed by atoms with Gasteiger partial charge in [-0.15, -0.1) is 0 Å². The van der Waals surface area contributed by atoms with Crippen molar-refractivity contribution in [2.75, 3.05) is 11.9 Å². The maximum Gasteiger partial charge on any atom is 0.119 e. The number of hydrogen-bond acceptors (Lipinski definition) is 1. The van der Waals surface area contributed by atoms with Crippen LogP contribution in [-0.2, 0) is 0 Å². The molecule has 0 amide bonds. The molecule has 0 saturated carbocycles. The standard InChI is InChI=1S/C20H26BrIO/c21-13-7-5-3-1-2-4-6-8-14-23-20-12-10-17-15-19(22)11-9-18(17)16-20/h9-12,15-16H,1-8,13-14H2. The van der Waals surface area contributed by atoms with E-state index in [4.69, 9.17) is 4.74 Å². The van der Waals surface area contributed by atoms with Gasteiger partial charge >= 0.3 is 0 Å². The van der Waals surface area contributed by atoms with Crippen molar-refractivity contribution in [3.05, 3.63) is 40.0 Å². The molecule has 0 N–H and O–H groups in total. The van der Waals surface area contributed by atoms with E-state index in [1.165, 1.54) is 59.3 Å². The van der Waals surface area contributed by atoms with Gasteiger partial charge < -0.3 is 4.74 Å². The summed E-state index contributed by atoms with van der Waals surface area (Å²) in [6.45, 7) is 0.833. The van der Waals surface area contributed by atoms with Gasteiger partial charge in [-0.3, -0.25) is 0 Å². The lowest BCUT2D eigenvalue weighted by atomic mass is 10.1. The molecule has 0 aliphatic carbocycles. The summed E-state index contributed by atoms with van der Waals surface area (Å²) in [5.41, 5.74) is 0. The van der Waals surface area contributed by atoms with E-state index in [2.05, 4.69) is 74.9 Å². The van der Waals surface area contributed by atoms with E-state index >= 15 is 0 Å². The monoisotopic (exact) mass is 488 g/mol. The molecule has 2 rings (SSSR count). The Morgan fingerprint density at radius 1 is 0.739 bits per heavy atom. The van der Waals surface area contributed by atoms with E-state index in [0.717, 1.165) is 24.1 Å². The average molecular weight is 489 g/mol. The minimum atomic E-state index is 0.833. The van der Waals surface area contributed by atoms with Gasteiger partial charge in [0.05, 0.1) is 6.61 Å². The van der Waals surface area contributed by atoms with Crippen molar-refractivity contribution in [3.8, 4) is 5.75 Å². The number of unbranched alkanes of at least 4 members (excludes halogenated alkanes) is 7. The Morgan fingerprint density at radius 2 is 1.35 bits per heavy atom. The Balaban J connectivity index is 1.58. The molecule has 0 saturated heterocycles. The fourth-order valence-corrected chi connectivity index (χ4v) is 3.64. The molecule has 1 nitrogen and oxygen atoms in total. The largest absolute Gasteiger partial charge is 0.494 e. The summed E-state index contributed by atoms with van der Waals surface area (Å²) in [4.78, 5) is 0. The van der Waals surface area contributed by atoms with Crippen LogP contribution >= 0.6 is 38.5 Å². The van der Waals surface area contributed by atoms with Crippen molar-refractivity contribution in [1.29, 1.82) is 0 Å². The van der Waals surface area contributed by atoms with Crippen LogP contribution in [0, 0.1) is 3.57 Å². The number of ether oxygens (including phenoxy) is 1. The lowest BCUT2D eigenvalue weighted by Gasteiger charge is -2.08. The summed E-state index contributed by atoms with van der Waals surface area (Å²) in [5, 5.41) is 3.69. The Morgan fingerprint density at radius 3 is 2.09 bits per heavy atom. The van der Waals surface area contributed by atoms with Crippen LogP contribution in [0.2, 0.25) is 0 Å². The van der Waals surface area contributed by atoms with Gasteiger partial charge in [0.1, 0.15) is 5.75 Å². The highest BCUT2D eigenvalue weighted by molar-refractivity contribution is 14.1. The highest BCUT2D eigenvalue weighted by atomic mass is 127. The number of halogens is 2. The summed E-state index contributed by atoms with van der Waals surface area (Å²) >= 11 is 5.83. The zero-order valence-corrected chi connectivity index (χ0v) is 17.4. The molecule has 2 aromatic rings. The number of benzene rings is 2. The van der Waals surface area contributed by atoms with Crippen LogP contribution in [0.15, 0.2) is 36.4 Å². The summed E-state index contributed by atoms with van der Waals surface area (Å²) in [5.74, 6) is 0.994. The third-order valence-electron chi connectivity index (χ3n) is 4.07. The fraction of sp³-hybridized carbons (Fsp3) is 0.500. The molecule has 0 atom stereocenters. The van der Waals surface area contributed by atoms with Crippen molar-refractivity contribution in [3.63, 3.8) is 0 Å². The first-order chi connectivity index (χ1) is 11.3. The molecule has 0 aromatic heterocycles. The molecule has 0 fully saturated rings. The van der Waals surface area contributed by atoms with Crippen LogP contribution in [-0.4, -0.2) is 11.9 Å². The van der Waals surface area contributed by atoms with E-state index in [-0.39, 0.29) is 0 Å². The highest BCUT2D eigenvalue weighted by Crippen LogP contribution is 2.23. The number of fused-ring (bicyclic) bond motifs is 1. The van der Waals surface area contributed by atoms with Crippen molar-refractivity contribution in [1.82, 2.24) is 0 Å². The van der Waals surface area contributed by atoms with Crippen LogP contribution in [0.25, 0.3) is 10.8 Å². The van der Waals surface area contributed by atoms with Gasteiger partial charge in [-0.05, 0) is 70.5 Å². The predicted molar refractivity (Wildman–Crippen MR) is 113 cm³/mol. The molecule has 126 valence electrons. The van der Waals surface area contributed by atoms with Crippen LogP contribution < -0.4 is 4.74 Å². The lowest BCUT2D eigenvalue weighted by Crippen LogP contribution is -1.97. The minimum absolute atomic E-state index is 0.833. The average Bonchev–Trinajstić information content (AvgIpc) is 2.56. The molecule has 0 heterocycles. The van der Waals surface area contributed by atoms with Crippen LogP contribution in [0.5, 0.6) is 5.75 Å². The third-order valence-corrected chi connectivity index (χ3v) is 5.30. The van der Waals surface area contributed by atoms with Crippen LogP contribution in [0.3, 0.4) is 0 Å². The molecule has 0 spiro atoms. The van der Waals surface area contributed by atoms with E-state index < -0.39 is 0 Å². The van der Waals surface area contributed by atoms with Crippen LogP contribution in [0.1, 0.15) is 51.4 Å². The molecule has 23 heavy (non-hydrogen) atoms. The van der Waals surface area contributed by atoms with E-state index in [1.54, 1.807) is 0 Å². The maximum absolute atomic E-state index is 5.90. The van der Waals surface area contributed by atoms with Crippen molar-refractivity contribution < 1.29 is 4.74 Å². The van der Waals surface area contributed by atoms with Crippen LogP contribution in [0.4, 0.5) is 0 Å². The first kappa shape index (κ1) is 19.0. The van der Waals surface area contributed by atoms with Crippen molar-refractivity contribution in [2.24, 2.45) is 0 Å². The Labute approximate surface area is 162 Å². The molecule has 0 radical (unpaired) electrons. The van der Waals surface area contributed by atoms with Gasteiger partial charge in [-0.25, -0.2) is 0 Å². The van der Waals surface area contributed by atoms with E-state index in [0.29, 0.717) is 0 Å². The first-order valence-corrected chi connectivity index (χ1v) is 10.9. The number of hydrogen-bond donors (Lipinski definition) is 0. The third kappa shape index (κ3) is 7.42. The molecule has 0 unspecified atom stereocenters. The SMILES string of the molecule is BrCCCCCCCCCCOc1ccc2cc(I)ccc2c1. The second-order valence-corrected chi connectivity index (χ2v) is 8.06. The number of rotatable bonds is 11. The topological polar surface area (TPSA) is 9.23 Å². The van der Waals surface area contributed by atoms with Gasteiger partial charge in [0.25, 0.3) is 0 Å². The molecule has 0 aliphatic rings. The zero-order chi connectivity index (χ0) is 16.3. The van der Waals surface area contributed by atoms with Gasteiger partial charge in [-0.2, -0.15) is 0 Å². The van der Waals surface area contributed by atoms with E-state index in [1.807, 2.05) is 0 Å². The first-order valence-electron chi connectivity index (χ1n) is 8.68. The molecule has 3 heteroatoms. The van der Waals surface area contributed by atoms with Crippen molar-refractivity contribution >= 4 is 49.3 Å². The Bertz CT molecular complexity index is 585. The summed E-state index contributed by atoms with van der Waals surface area (Å²) in [6.07, 6.45) is 10.6. The normalized spacial score (nSPS) is 11.0. The predicted octanol–water partition coefficient (Wildman–Crippen LogP) is 7.34. The van der Waals surface area contributed by atoms with Gasteiger partial charge in [0.15, 0.2) is 0 Å². The Kier molecular flexibility index (Phi) is 9.35. The summed E-state index contributed by atoms with van der Waals surface area (Å²) < 4.78 is 7.17. The highest BCUT2D eigenvalue weighted by Gasteiger charge is 1.99. The molecule has 0 bridgehead atoms. The zero-order valence-electron chi connectivity index (χ0n) is 13.7.